The molecule has 1 heterocycles. The zero-order valence-corrected chi connectivity index (χ0v) is 13.9. The molecule has 0 fully saturated rings. The van der Waals surface area contributed by atoms with E-state index in [9.17, 15) is 0 Å². The number of hydrogen-bond acceptors (Lipinski definition) is 4. The Morgan fingerprint density at radius 1 is 1.14 bits per heavy atom. The van der Waals surface area contributed by atoms with Crippen LogP contribution in [0, 0.1) is 0 Å². The van der Waals surface area contributed by atoms with Gasteiger partial charge in [0.25, 0.3) is 0 Å². The predicted molar refractivity (Wildman–Crippen MR) is 89.8 cm³/mol. The second-order valence-electron chi connectivity index (χ2n) is 5.39. The van der Waals surface area contributed by atoms with E-state index in [0.29, 0.717) is 0 Å². The molecular weight excluding hydrogens is 262 g/mol. The summed E-state index contributed by atoms with van der Waals surface area (Å²) in [6, 6.07) is 4.33. The fourth-order valence-electron chi connectivity index (χ4n) is 2.15. The monoisotopic (exact) mass is 293 g/mol. The van der Waals surface area contributed by atoms with E-state index in [1.54, 1.807) is 7.11 Å². The molecule has 0 saturated carbocycles. The molecule has 1 rings (SSSR count). The number of aromatic nitrogens is 1. The lowest BCUT2D eigenvalue weighted by Crippen LogP contribution is -2.26. The number of unbranched alkanes of at least 4 members (excludes halogenated alkanes) is 2. The number of anilines is 1. The topological polar surface area (TPSA) is 37.4 Å². The number of rotatable bonds is 12. The van der Waals surface area contributed by atoms with Gasteiger partial charge in [-0.25, -0.2) is 4.98 Å². The first-order chi connectivity index (χ1) is 10.3. The molecular formula is C17H31N3O. The SMILES string of the molecule is CCCCN(CCCC)c1ccc(CNCCOC)cn1. The largest absolute Gasteiger partial charge is 0.383 e. The van der Waals surface area contributed by atoms with Crippen molar-refractivity contribution in [3.05, 3.63) is 23.9 Å². The molecule has 0 aliphatic rings. The minimum Gasteiger partial charge on any atom is -0.383 e. The van der Waals surface area contributed by atoms with Crippen molar-refractivity contribution in [3.63, 3.8) is 0 Å². The Hall–Kier alpha value is -1.13. The average molecular weight is 293 g/mol. The Morgan fingerprint density at radius 3 is 2.38 bits per heavy atom. The van der Waals surface area contributed by atoms with Gasteiger partial charge in [-0.05, 0) is 24.5 Å². The lowest BCUT2D eigenvalue weighted by atomic mass is 10.2. The summed E-state index contributed by atoms with van der Waals surface area (Å²) in [6.45, 7) is 9.15. The van der Waals surface area contributed by atoms with Crippen LogP contribution in [0.4, 0.5) is 5.82 Å². The van der Waals surface area contributed by atoms with Crippen molar-refractivity contribution in [2.75, 3.05) is 38.3 Å². The van der Waals surface area contributed by atoms with Crippen LogP contribution in [-0.2, 0) is 11.3 Å². The number of nitrogens with zero attached hydrogens (tertiary/aromatic N) is 2. The summed E-state index contributed by atoms with van der Waals surface area (Å²) in [5.74, 6) is 1.11. The first kappa shape index (κ1) is 17.9. The Morgan fingerprint density at radius 2 is 1.86 bits per heavy atom. The number of nitrogens with one attached hydrogen (secondary N) is 1. The van der Waals surface area contributed by atoms with Crippen molar-refractivity contribution < 1.29 is 4.74 Å². The molecule has 4 heteroatoms. The van der Waals surface area contributed by atoms with Gasteiger partial charge in [0.05, 0.1) is 6.61 Å². The van der Waals surface area contributed by atoms with Crippen molar-refractivity contribution >= 4 is 5.82 Å². The van der Waals surface area contributed by atoms with Crippen molar-refractivity contribution in [2.45, 2.75) is 46.1 Å². The standard InChI is InChI=1S/C17H31N3O/c1-4-6-11-20(12-7-5-2)17-9-8-16(15-19-17)14-18-10-13-21-3/h8-9,15,18H,4-7,10-14H2,1-3H3. The van der Waals surface area contributed by atoms with Gasteiger partial charge in [0.15, 0.2) is 0 Å². The van der Waals surface area contributed by atoms with Gasteiger partial charge in [0.1, 0.15) is 5.82 Å². The highest BCUT2D eigenvalue weighted by Gasteiger charge is 2.06. The summed E-state index contributed by atoms with van der Waals surface area (Å²) in [4.78, 5) is 7.05. The van der Waals surface area contributed by atoms with E-state index in [4.69, 9.17) is 4.74 Å². The summed E-state index contributed by atoms with van der Waals surface area (Å²) >= 11 is 0. The van der Waals surface area contributed by atoms with Crippen molar-refractivity contribution in [3.8, 4) is 0 Å². The summed E-state index contributed by atoms with van der Waals surface area (Å²) < 4.78 is 5.02. The number of methoxy groups -OCH3 is 1. The van der Waals surface area contributed by atoms with Crippen LogP contribution in [0.3, 0.4) is 0 Å². The highest BCUT2D eigenvalue weighted by molar-refractivity contribution is 5.39. The minimum absolute atomic E-state index is 0.743. The molecule has 0 unspecified atom stereocenters. The first-order valence-electron chi connectivity index (χ1n) is 8.21. The molecule has 0 atom stereocenters. The van der Waals surface area contributed by atoms with Gasteiger partial charge in [0.2, 0.25) is 0 Å². The maximum atomic E-state index is 5.02. The molecule has 4 nitrogen and oxygen atoms in total. The number of hydrogen-bond donors (Lipinski definition) is 1. The van der Waals surface area contributed by atoms with Gasteiger partial charge in [-0.2, -0.15) is 0 Å². The molecule has 0 aromatic carbocycles. The zero-order valence-electron chi connectivity index (χ0n) is 13.9. The molecule has 21 heavy (non-hydrogen) atoms. The lowest BCUT2D eigenvalue weighted by molar-refractivity contribution is 0.199. The third-order valence-electron chi connectivity index (χ3n) is 3.51. The van der Waals surface area contributed by atoms with Gasteiger partial charge < -0.3 is 15.0 Å². The molecule has 1 aromatic heterocycles. The lowest BCUT2D eigenvalue weighted by Gasteiger charge is -2.23. The van der Waals surface area contributed by atoms with Crippen LogP contribution in [0.2, 0.25) is 0 Å². The Kier molecular flexibility index (Phi) is 9.83. The fraction of sp³-hybridized carbons (Fsp3) is 0.706. The Bertz CT molecular complexity index is 346. The smallest absolute Gasteiger partial charge is 0.128 e. The summed E-state index contributed by atoms with van der Waals surface area (Å²) in [5.41, 5.74) is 1.22. The molecule has 1 N–H and O–H groups in total. The summed E-state index contributed by atoms with van der Waals surface area (Å²) in [5, 5.41) is 3.34. The van der Waals surface area contributed by atoms with Crippen LogP contribution in [-0.4, -0.2) is 38.3 Å². The highest BCUT2D eigenvalue weighted by Crippen LogP contribution is 2.13. The molecule has 0 saturated heterocycles. The van der Waals surface area contributed by atoms with E-state index in [1.165, 1.54) is 31.2 Å². The molecule has 0 amide bonds. The van der Waals surface area contributed by atoms with Crippen LogP contribution in [0.1, 0.15) is 45.1 Å². The predicted octanol–water partition coefficient (Wildman–Crippen LogP) is 3.22. The third kappa shape index (κ3) is 7.44. The summed E-state index contributed by atoms with van der Waals surface area (Å²) in [6.07, 6.45) is 6.89. The quantitative estimate of drug-likeness (QED) is 0.600. The van der Waals surface area contributed by atoms with Crippen LogP contribution in [0.5, 0.6) is 0 Å². The molecule has 1 aromatic rings. The second kappa shape index (κ2) is 11.5. The summed E-state index contributed by atoms with van der Waals surface area (Å²) in [7, 11) is 1.72. The average Bonchev–Trinajstić information content (AvgIpc) is 2.53. The van der Waals surface area contributed by atoms with E-state index in [2.05, 4.69) is 41.2 Å². The molecule has 120 valence electrons. The van der Waals surface area contributed by atoms with E-state index in [0.717, 1.165) is 38.6 Å². The third-order valence-corrected chi connectivity index (χ3v) is 3.51. The molecule has 0 radical (unpaired) electrons. The van der Waals surface area contributed by atoms with Gasteiger partial charge in [-0.3, -0.25) is 0 Å². The molecule has 0 spiro atoms. The van der Waals surface area contributed by atoms with Gasteiger partial charge in [-0.1, -0.05) is 32.8 Å². The van der Waals surface area contributed by atoms with E-state index >= 15 is 0 Å². The molecule has 0 aliphatic heterocycles. The van der Waals surface area contributed by atoms with Crippen molar-refractivity contribution in [1.82, 2.24) is 10.3 Å². The Labute approximate surface area is 129 Å². The van der Waals surface area contributed by atoms with Gasteiger partial charge in [0, 0.05) is 39.5 Å². The maximum Gasteiger partial charge on any atom is 0.128 e. The highest BCUT2D eigenvalue weighted by atomic mass is 16.5. The van der Waals surface area contributed by atoms with Crippen LogP contribution in [0.25, 0.3) is 0 Å². The van der Waals surface area contributed by atoms with Gasteiger partial charge >= 0.3 is 0 Å². The van der Waals surface area contributed by atoms with E-state index in [1.807, 2.05) is 6.20 Å². The minimum atomic E-state index is 0.743. The normalized spacial score (nSPS) is 10.8. The number of pyridine rings is 1. The second-order valence-corrected chi connectivity index (χ2v) is 5.39. The van der Waals surface area contributed by atoms with Crippen LogP contribution < -0.4 is 10.2 Å². The van der Waals surface area contributed by atoms with Gasteiger partial charge in [-0.15, -0.1) is 0 Å². The van der Waals surface area contributed by atoms with E-state index in [-0.39, 0.29) is 0 Å². The molecule has 0 bridgehead atoms. The van der Waals surface area contributed by atoms with E-state index < -0.39 is 0 Å². The maximum absolute atomic E-state index is 5.02. The number of ether oxygens (including phenoxy) is 1. The van der Waals surface area contributed by atoms with Crippen LogP contribution >= 0.6 is 0 Å². The first-order valence-corrected chi connectivity index (χ1v) is 8.21. The Balaban J connectivity index is 2.51. The van der Waals surface area contributed by atoms with Crippen LogP contribution in [0.15, 0.2) is 18.3 Å². The zero-order chi connectivity index (χ0) is 15.3. The van der Waals surface area contributed by atoms with Crippen molar-refractivity contribution in [2.24, 2.45) is 0 Å². The van der Waals surface area contributed by atoms with Crippen molar-refractivity contribution in [1.29, 1.82) is 0 Å². The fourth-order valence-corrected chi connectivity index (χ4v) is 2.15. The molecule has 0 aliphatic carbocycles.